The molecule has 0 unspecified atom stereocenters. The molecule has 0 heterocycles. The van der Waals surface area contributed by atoms with Crippen molar-refractivity contribution in [3.63, 3.8) is 0 Å². The molecule has 0 rings (SSSR count). The Morgan fingerprint density at radius 1 is 1.55 bits per heavy atom. The number of aliphatic hydroxyl groups is 1. The Labute approximate surface area is 70.1 Å². The zero-order chi connectivity index (χ0) is 8.91. The van der Waals surface area contributed by atoms with Crippen molar-refractivity contribution in [2.75, 3.05) is 0 Å². The van der Waals surface area contributed by atoms with E-state index in [1.165, 1.54) is 0 Å². The molecule has 1 N–H and O–H groups in total. The molecule has 0 aliphatic carbocycles. The molecular formula is C9H16OSi. The van der Waals surface area contributed by atoms with E-state index in [1.54, 1.807) is 6.08 Å². The highest BCUT2D eigenvalue weighted by molar-refractivity contribution is 6.83. The summed E-state index contributed by atoms with van der Waals surface area (Å²) in [5.74, 6) is 2.82. The average Bonchev–Trinajstić information content (AvgIpc) is 1.83. The SMILES string of the molecule is C=CC[C@@H](O)C#C[Si](C)(C)C. The van der Waals surface area contributed by atoms with Crippen LogP contribution >= 0.6 is 0 Å². The van der Waals surface area contributed by atoms with E-state index in [4.69, 9.17) is 0 Å². The van der Waals surface area contributed by atoms with Crippen LogP contribution in [0.4, 0.5) is 0 Å². The van der Waals surface area contributed by atoms with Crippen LogP contribution in [0.5, 0.6) is 0 Å². The van der Waals surface area contributed by atoms with Gasteiger partial charge >= 0.3 is 0 Å². The molecule has 0 spiro atoms. The van der Waals surface area contributed by atoms with Gasteiger partial charge in [-0.05, 0) is 0 Å². The summed E-state index contributed by atoms with van der Waals surface area (Å²) in [5, 5.41) is 9.19. The van der Waals surface area contributed by atoms with Crippen LogP contribution in [0.3, 0.4) is 0 Å². The summed E-state index contributed by atoms with van der Waals surface area (Å²) in [6.07, 6.45) is 1.74. The summed E-state index contributed by atoms with van der Waals surface area (Å²) in [6, 6.07) is 0. The van der Waals surface area contributed by atoms with Gasteiger partial charge in [0.25, 0.3) is 0 Å². The van der Waals surface area contributed by atoms with Crippen LogP contribution in [0, 0.1) is 11.5 Å². The minimum absolute atomic E-state index is 0.515. The Morgan fingerprint density at radius 2 is 2.09 bits per heavy atom. The van der Waals surface area contributed by atoms with E-state index in [2.05, 4.69) is 37.7 Å². The van der Waals surface area contributed by atoms with E-state index < -0.39 is 14.2 Å². The van der Waals surface area contributed by atoms with Crippen molar-refractivity contribution in [3.05, 3.63) is 12.7 Å². The zero-order valence-corrected chi connectivity index (χ0v) is 8.52. The first-order valence-corrected chi connectivity index (χ1v) is 7.27. The molecule has 0 amide bonds. The third-order valence-electron chi connectivity index (χ3n) is 1.00. The fraction of sp³-hybridized carbons (Fsp3) is 0.556. The lowest BCUT2D eigenvalue weighted by Crippen LogP contribution is -2.17. The number of hydrogen-bond donors (Lipinski definition) is 1. The van der Waals surface area contributed by atoms with Gasteiger partial charge in [-0.15, -0.1) is 12.1 Å². The third-order valence-corrected chi connectivity index (χ3v) is 1.90. The Bertz CT molecular complexity index is 180. The van der Waals surface area contributed by atoms with Gasteiger partial charge in [0.05, 0.1) is 0 Å². The highest BCUT2D eigenvalue weighted by atomic mass is 28.3. The molecule has 0 aromatic carbocycles. The average molecular weight is 168 g/mol. The highest BCUT2D eigenvalue weighted by Gasteiger charge is 2.07. The van der Waals surface area contributed by atoms with Crippen molar-refractivity contribution in [1.29, 1.82) is 0 Å². The minimum atomic E-state index is -1.30. The van der Waals surface area contributed by atoms with Gasteiger partial charge in [-0.2, -0.15) is 0 Å². The lowest BCUT2D eigenvalue weighted by molar-refractivity contribution is 0.236. The first-order valence-electron chi connectivity index (χ1n) is 3.77. The zero-order valence-electron chi connectivity index (χ0n) is 7.52. The molecule has 0 saturated heterocycles. The van der Waals surface area contributed by atoms with Crippen molar-refractivity contribution in [2.45, 2.75) is 32.2 Å². The van der Waals surface area contributed by atoms with Gasteiger partial charge in [0.1, 0.15) is 14.2 Å². The van der Waals surface area contributed by atoms with Crippen LogP contribution in [0.25, 0.3) is 0 Å². The smallest absolute Gasteiger partial charge is 0.129 e. The van der Waals surface area contributed by atoms with Gasteiger partial charge in [-0.1, -0.05) is 31.6 Å². The van der Waals surface area contributed by atoms with Crippen molar-refractivity contribution >= 4 is 8.07 Å². The van der Waals surface area contributed by atoms with E-state index in [-0.39, 0.29) is 0 Å². The highest BCUT2D eigenvalue weighted by Crippen LogP contribution is 1.97. The van der Waals surface area contributed by atoms with E-state index in [0.717, 1.165) is 0 Å². The molecule has 1 atom stereocenters. The molecule has 0 radical (unpaired) electrons. The number of rotatable bonds is 2. The molecule has 0 aromatic rings. The topological polar surface area (TPSA) is 20.2 Å². The van der Waals surface area contributed by atoms with Crippen molar-refractivity contribution in [3.8, 4) is 11.5 Å². The molecule has 0 fully saturated rings. The summed E-state index contributed by atoms with van der Waals surface area (Å²) in [5.41, 5.74) is 3.10. The summed E-state index contributed by atoms with van der Waals surface area (Å²) in [7, 11) is -1.30. The second-order valence-corrected chi connectivity index (χ2v) is 8.31. The van der Waals surface area contributed by atoms with E-state index in [9.17, 15) is 5.11 Å². The lowest BCUT2D eigenvalue weighted by Gasteiger charge is -2.04. The van der Waals surface area contributed by atoms with Gasteiger partial charge in [0, 0.05) is 6.42 Å². The van der Waals surface area contributed by atoms with Gasteiger partial charge in [0.2, 0.25) is 0 Å². The molecule has 0 aromatic heterocycles. The van der Waals surface area contributed by atoms with Crippen LogP contribution in [0.1, 0.15) is 6.42 Å². The summed E-state index contributed by atoms with van der Waals surface area (Å²) >= 11 is 0. The maximum Gasteiger partial charge on any atom is 0.129 e. The van der Waals surface area contributed by atoms with Crippen molar-refractivity contribution in [2.24, 2.45) is 0 Å². The Balaban J connectivity index is 3.96. The quantitative estimate of drug-likeness (QED) is 0.379. The van der Waals surface area contributed by atoms with Crippen molar-refractivity contribution < 1.29 is 5.11 Å². The second-order valence-electron chi connectivity index (χ2n) is 3.56. The molecule has 11 heavy (non-hydrogen) atoms. The predicted molar refractivity (Wildman–Crippen MR) is 51.9 cm³/mol. The fourth-order valence-corrected chi connectivity index (χ4v) is 1.12. The normalized spacial score (nSPS) is 13.1. The second kappa shape index (κ2) is 4.37. The van der Waals surface area contributed by atoms with E-state index >= 15 is 0 Å². The summed E-state index contributed by atoms with van der Waals surface area (Å²) in [6.45, 7) is 9.99. The molecule has 0 aliphatic rings. The molecule has 1 nitrogen and oxygen atoms in total. The maximum absolute atomic E-state index is 9.19. The van der Waals surface area contributed by atoms with Crippen LogP contribution < -0.4 is 0 Å². The van der Waals surface area contributed by atoms with Gasteiger partial charge in [0.15, 0.2) is 0 Å². The molecular weight excluding hydrogens is 152 g/mol. The summed E-state index contributed by atoms with van der Waals surface area (Å²) < 4.78 is 0. The fourth-order valence-electron chi connectivity index (χ4n) is 0.517. The predicted octanol–water partition coefficient (Wildman–Crippen LogP) is 1.80. The molecule has 2 heteroatoms. The third kappa shape index (κ3) is 7.37. The first-order chi connectivity index (χ1) is 4.95. The van der Waals surface area contributed by atoms with E-state index in [1.807, 2.05) is 0 Å². The maximum atomic E-state index is 9.19. The Morgan fingerprint density at radius 3 is 2.45 bits per heavy atom. The first kappa shape index (κ1) is 10.5. The molecule has 0 saturated carbocycles. The van der Waals surface area contributed by atoms with Crippen LogP contribution in [-0.4, -0.2) is 19.3 Å². The monoisotopic (exact) mass is 168 g/mol. The van der Waals surface area contributed by atoms with Crippen LogP contribution in [0.2, 0.25) is 19.6 Å². The Kier molecular flexibility index (Phi) is 4.17. The van der Waals surface area contributed by atoms with Gasteiger partial charge in [-0.3, -0.25) is 0 Å². The molecule has 0 bridgehead atoms. The van der Waals surface area contributed by atoms with Gasteiger partial charge < -0.3 is 5.11 Å². The van der Waals surface area contributed by atoms with Crippen LogP contribution in [0.15, 0.2) is 12.7 Å². The summed E-state index contributed by atoms with van der Waals surface area (Å²) in [4.78, 5) is 0. The standard InChI is InChI=1S/C9H16OSi/c1-5-6-9(10)7-8-11(2,3)4/h5,9-10H,1,6H2,2-4H3/t9-/m1/s1. The number of aliphatic hydroxyl groups excluding tert-OH is 1. The van der Waals surface area contributed by atoms with Crippen molar-refractivity contribution in [1.82, 2.24) is 0 Å². The Hall–Kier alpha value is -0.523. The van der Waals surface area contributed by atoms with Gasteiger partial charge in [-0.25, -0.2) is 0 Å². The van der Waals surface area contributed by atoms with E-state index in [0.29, 0.717) is 6.42 Å². The lowest BCUT2D eigenvalue weighted by atomic mass is 10.3. The molecule has 62 valence electrons. The minimum Gasteiger partial charge on any atom is -0.380 e. The largest absolute Gasteiger partial charge is 0.380 e. The van der Waals surface area contributed by atoms with Crippen LogP contribution in [-0.2, 0) is 0 Å². The number of hydrogen-bond acceptors (Lipinski definition) is 1. The molecule has 0 aliphatic heterocycles.